The lowest BCUT2D eigenvalue weighted by Crippen LogP contribution is -2.09. The third kappa shape index (κ3) is 3.04. The molecular formula is C10H10Br2N2O3S. The molecule has 18 heavy (non-hydrogen) atoms. The maximum Gasteiger partial charge on any atom is 0.323 e. The minimum atomic E-state index is -3.08. The average Bonchev–Trinajstić information content (AvgIpc) is 2.53. The van der Waals surface area contributed by atoms with E-state index < -0.39 is 9.84 Å². The summed E-state index contributed by atoms with van der Waals surface area (Å²) in [6.45, 7) is 0. The predicted octanol–water partition coefficient (Wildman–Crippen LogP) is 2.10. The van der Waals surface area contributed by atoms with Crippen LogP contribution in [0.3, 0.4) is 0 Å². The average molecular weight is 398 g/mol. The molecular weight excluding hydrogens is 388 g/mol. The van der Waals surface area contributed by atoms with Crippen molar-refractivity contribution in [3.8, 4) is 0 Å². The third-order valence-electron chi connectivity index (χ3n) is 2.42. The molecule has 0 spiro atoms. The highest BCUT2D eigenvalue weighted by Crippen LogP contribution is 2.32. The normalized spacial score (nSPS) is 13.9. The van der Waals surface area contributed by atoms with Gasteiger partial charge in [0.2, 0.25) is 0 Å². The fraction of sp³-hybridized carbons (Fsp3) is 0.300. The summed E-state index contributed by atoms with van der Waals surface area (Å²) in [7, 11) is -3.08. The van der Waals surface area contributed by atoms with E-state index in [0.717, 1.165) is 10.0 Å². The van der Waals surface area contributed by atoms with Gasteiger partial charge >= 0.3 is 5.69 Å². The summed E-state index contributed by atoms with van der Waals surface area (Å²) in [4.78, 5) is 16.1. The first-order valence-electron chi connectivity index (χ1n) is 4.99. The van der Waals surface area contributed by atoms with E-state index in [-0.39, 0.29) is 16.3 Å². The van der Waals surface area contributed by atoms with Crippen LogP contribution >= 0.6 is 31.9 Å². The van der Waals surface area contributed by atoms with E-state index in [1.165, 1.54) is 6.26 Å². The van der Waals surface area contributed by atoms with Gasteiger partial charge in [0.25, 0.3) is 0 Å². The zero-order valence-electron chi connectivity index (χ0n) is 9.33. The molecule has 1 aromatic carbocycles. The van der Waals surface area contributed by atoms with Crippen molar-refractivity contribution in [3.63, 3.8) is 0 Å². The minimum absolute atomic E-state index is 0.00817. The molecule has 0 aliphatic heterocycles. The number of sulfone groups is 1. The Labute approximate surface area is 120 Å². The Balaban J connectivity index is 2.50. The standard InChI is InChI=1S/C10H10Br2N2O3S/c1-18(16,17)4-7(12)5-2-8-9(3-6(5)11)14-10(15)13-8/h2-3,7H,4H2,1H3,(H2,13,14,15). The van der Waals surface area contributed by atoms with Gasteiger partial charge in [0.1, 0.15) is 9.84 Å². The van der Waals surface area contributed by atoms with Crippen LogP contribution in [0.15, 0.2) is 21.4 Å². The molecule has 1 heterocycles. The van der Waals surface area contributed by atoms with Crippen molar-refractivity contribution in [2.45, 2.75) is 4.83 Å². The van der Waals surface area contributed by atoms with Crippen LogP contribution in [0.4, 0.5) is 0 Å². The molecule has 2 N–H and O–H groups in total. The summed E-state index contributed by atoms with van der Waals surface area (Å²) in [6.07, 6.45) is 1.19. The van der Waals surface area contributed by atoms with Crippen LogP contribution in [-0.2, 0) is 9.84 Å². The molecule has 1 atom stereocenters. The molecule has 1 unspecified atom stereocenters. The lowest BCUT2D eigenvalue weighted by Gasteiger charge is -2.11. The number of aromatic amines is 2. The summed E-state index contributed by atoms with van der Waals surface area (Å²) >= 11 is 6.73. The number of alkyl halides is 1. The Morgan fingerprint density at radius 3 is 2.39 bits per heavy atom. The van der Waals surface area contributed by atoms with Crippen LogP contribution in [0.1, 0.15) is 10.4 Å². The summed E-state index contributed by atoms with van der Waals surface area (Å²) in [5, 5.41) is 0. The monoisotopic (exact) mass is 396 g/mol. The highest BCUT2D eigenvalue weighted by molar-refractivity contribution is 9.11. The largest absolute Gasteiger partial charge is 0.323 e. The number of rotatable bonds is 3. The van der Waals surface area contributed by atoms with E-state index in [2.05, 4.69) is 41.8 Å². The Hall–Kier alpha value is -0.600. The van der Waals surface area contributed by atoms with Crippen molar-refractivity contribution in [2.75, 3.05) is 12.0 Å². The number of nitrogens with one attached hydrogen (secondary N) is 2. The van der Waals surface area contributed by atoms with Crippen LogP contribution in [0.25, 0.3) is 11.0 Å². The maximum absolute atomic E-state index is 11.3. The number of fused-ring (bicyclic) bond motifs is 1. The quantitative estimate of drug-likeness (QED) is 0.778. The molecule has 0 aliphatic carbocycles. The number of hydrogen-bond donors (Lipinski definition) is 2. The lowest BCUT2D eigenvalue weighted by atomic mass is 10.1. The van der Waals surface area contributed by atoms with Crippen molar-refractivity contribution in [1.29, 1.82) is 0 Å². The molecule has 0 radical (unpaired) electrons. The van der Waals surface area contributed by atoms with Gasteiger partial charge in [0.15, 0.2) is 0 Å². The molecule has 98 valence electrons. The molecule has 2 rings (SSSR count). The number of halogens is 2. The molecule has 2 aromatic rings. The molecule has 5 nitrogen and oxygen atoms in total. The molecule has 0 amide bonds. The molecule has 0 bridgehead atoms. The van der Waals surface area contributed by atoms with Crippen molar-refractivity contribution in [3.05, 3.63) is 32.7 Å². The zero-order chi connectivity index (χ0) is 13.5. The van der Waals surface area contributed by atoms with Gasteiger partial charge in [-0.25, -0.2) is 13.2 Å². The summed E-state index contributed by atoms with van der Waals surface area (Å²) in [5.74, 6) is -0.00817. The summed E-state index contributed by atoms with van der Waals surface area (Å²) in [5.41, 5.74) is 1.82. The van der Waals surface area contributed by atoms with Crippen LogP contribution in [0.5, 0.6) is 0 Å². The predicted molar refractivity (Wildman–Crippen MR) is 78.0 cm³/mol. The van der Waals surface area contributed by atoms with Gasteiger partial charge in [-0.2, -0.15) is 0 Å². The zero-order valence-corrected chi connectivity index (χ0v) is 13.3. The topological polar surface area (TPSA) is 82.8 Å². The van der Waals surface area contributed by atoms with E-state index in [1.54, 1.807) is 12.1 Å². The second kappa shape index (κ2) is 4.82. The van der Waals surface area contributed by atoms with Crippen molar-refractivity contribution < 1.29 is 8.42 Å². The van der Waals surface area contributed by atoms with Gasteiger partial charge in [-0.3, -0.25) is 0 Å². The fourth-order valence-electron chi connectivity index (χ4n) is 1.67. The van der Waals surface area contributed by atoms with Crippen LogP contribution in [0.2, 0.25) is 0 Å². The van der Waals surface area contributed by atoms with E-state index in [1.807, 2.05) is 0 Å². The summed E-state index contributed by atoms with van der Waals surface area (Å²) < 4.78 is 23.3. The number of aromatic nitrogens is 2. The second-order valence-electron chi connectivity index (χ2n) is 4.06. The van der Waals surface area contributed by atoms with Gasteiger partial charge in [-0.05, 0) is 17.7 Å². The highest BCUT2D eigenvalue weighted by Gasteiger charge is 2.18. The first-order chi connectivity index (χ1) is 8.26. The highest BCUT2D eigenvalue weighted by atomic mass is 79.9. The Kier molecular flexibility index (Phi) is 3.70. The van der Waals surface area contributed by atoms with Gasteiger partial charge < -0.3 is 9.97 Å². The second-order valence-corrected chi connectivity index (χ2v) is 8.20. The minimum Gasteiger partial charge on any atom is -0.306 e. The molecule has 0 saturated heterocycles. The summed E-state index contributed by atoms with van der Waals surface area (Å²) in [6, 6.07) is 3.50. The fourth-order valence-corrected chi connectivity index (χ4v) is 5.13. The molecule has 8 heteroatoms. The van der Waals surface area contributed by atoms with Crippen molar-refractivity contribution in [1.82, 2.24) is 9.97 Å². The molecule has 0 saturated carbocycles. The molecule has 0 fully saturated rings. The smallest absolute Gasteiger partial charge is 0.306 e. The van der Waals surface area contributed by atoms with E-state index in [0.29, 0.717) is 11.0 Å². The van der Waals surface area contributed by atoms with Gasteiger partial charge in [0.05, 0.1) is 21.6 Å². The van der Waals surface area contributed by atoms with Crippen molar-refractivity contribution >= 4 is 52.7 Å². The van der Waals surface area contributed by atoms with Crippen LogP contribution in [-0.4, -0.2) is 30.4 Å². The number of imidazole rings is 1. The van der Waals surface area contributed by atoms with E-state index in [4.69, 9.17) is 0 Å². The molecule has 0 aliphatic rings. The maximum atomic E-state index is 11.3. The first kappa shape index (κ1) is 13.8. The van der Waals surface area contributed by atoms with Gasteiger partial charge in [-0.15, -0.1) is 0 Å². The van der Waals surface area contributed by atoms with Gasteiger partial charge in [-0.1, -0.05) is 31.9 Å². The Morgan fingerprint density at radius 2 is 1.83 bits per heavy atom. The lowest BCUT2D eigenvalue weighted by molar-refractivity contribution is 0.601. The van der Waals surface area contributed by atoms with Crippen molar-refractivity contribution in [2.24, 2.45) is 0 Å². The van der Waals surface area contributed by atoms with Crippen LogP contribution in [0, 0.1) is 0 Å². The Morgan fingerprint density at radius 1 is 1.28 bits per heavy atom. The number of H-pyrrole nitrogens is 2. The Bertz CT molecular complexity index is 748. The van der Waals surface area contributed by atoms with Gasteiger partial charge in [0, 0.05) is 10.7 Å². The van der Waals surface area contributed by atoms with E-state index in [9.17, 15) is 13.2 Å². The number of hydrogen-bond acceptors (Lipinski definition) is 3. The van der Waals surface area contributed by atoms with E-state index >= 15 is 0 Å². The van der Waals surface area contributed by atoms with Crippen LogP contribution < -0.4 is 5.69 Å². The SMILES string of the molecule is CS(=O)(=O)CC(Br)c1cc2[nH]c(=O)[nH]c2cc1Br. The third-order valence-corrected chi connectivity index (χ3v) is 5.29. The first-order valence-corrected chi connectivity index (χ1v) is 8.76. The number of benzene rings is 1. The molecule has 1 aromatic heterocycles.